The topological polar surface area (TPSA) is 15.3 Å². The second-order valence-electron chi connectivity index (χ2n) is 6.06. The number of aryl methyl sites for hydroxylation is 2. The third-order valence-electron chi connectivity index (χ3n) is 4.74. The third kappa shape index (κ3) is 3.01. The Bertz CT molecular complexity index is 417. The Hall–Kier alpha value is -0.860. The van der Waals surface area contributed by atoms with E-state index in [0.717, 1.165) is 6.54 Å². The molecule has 0 spiro atoms. The van der Waals surface area contributed by atoms with Crippen molar-refractivity contribution in [2.24, 2.45) is 0 Å². The molecule has 2 rings (SSSR count). The summed E-state index contributed by atoms with van der Waals surface area (Å²) in [5.74, 6) is 0. The second kappa shape index (κ2) is 6.06. The van der Waals surface area contributed by atoms with Crippen LogP contribution in [-0.4, -0.2) is 38.1 Å². The third-order valence-corrected chi connectivity index (χ3v) is 4.74. The Balaban J connectivity index is 2.31. The molecular weight excluding hydrogens is 232 g/mol. The number of nitrogens with zero attached hydrogens (tertiary/aromatic N) is 1. The summed E-state index contributed by atoms with van der Waals surface area (Å²) >= 11 is 0. The molecule has 0 bridgehead atoms. The van der Waals surface area contributed by atoms with Gasteiger partial charge >= 0.3 is 0 Å². The molecule has 0 radical (unpaired) electrons. The lowest BCUT2D eigenvalue weighted by atomic mass is 9.71. The van der Waals surface area contributed by atoms with Gasteiger partial charge in [-0.25, -0.2) is 0 Å². The highest BCUT2D eigenvalue weighted by Gasteiger charge is 2.36. The maximum atomic E-state index is 3.44. The van der Waals surface area contributed by atoms with Crippen LogP contribution in [0.1, 0.15) is 36.5 Å². The van der Waals surface area contributed by atoms with Crippen molar-refractivity contribution in [3.8, 4) is 0 Å². The van der Waals surface area contributed by atoms with Crippen LogP contribution in [0.4, 0.5) is 0 Å². The van der Waals surface area contributed by atoms with Crippen molar-refractivity contribution in [2.45, 2.75) is 39.0 Å². The van der Waals surface area contributed by atoms with Gasteiger partial charge in [-0.15, -0.1) is 0 Å². The van der Waals surface area contributed by atoms with E-state index < -0.39 is 0 Å². The average molecular weight is 260 g/mol. The molecule has 1 heterocycles. The Kier molecular flexibility index (Phi) is 4.64. The van der Waals surface area contributed by atoms with Crippen molar-refractivity contribution in [2.75, 3.05) is 33.2 Å². The Morgan fingerprint density at radius 3 is 2.47 bits per heavy atom. The number of piperidine rings is 1. The SMILES string of the molecule is CCN1CCC(CNC)(c2cc(C)ccc2C)CC1. The molecule has 0 amide bonds. The molecule has 19 heavy (non-hydrogen) atoms. The molecule has 2 nitrogen and oxygen atoms in total. The van der Waals surface area contributed by atoms with E-state index in [1.54, 1.807) is 5.56 Å². The number of likely N-dealkylation sites (N-methyl/N-ethyl adjacent to an activating group) is 1. The monoisotopic (exact) mass is 260 g/mol. The number of hydrogen-bond acceptors (Lipinski definition) is 2. The van der Waals surface area contributed by atoms with Gasteiger partial charge in [0.25, 0.3) is 0 Å². The number of likely N-dealkylation sites (tertiary alicyclic amines) is 1. The summed E-state index contributed by atoms with van der Waals surface area (Å²) in [6.07, 6.45) is 2.54. The van der Waals surface area contributed by atoms with Crippen LogP contribution in [0.2, 0.25) is 0 Å². The van der Waals surface area contributed by atoms with Gasteiger partial charge in [-0.05, 0) is 64.5 Å². The number of rotatable bonds is 4. The molecule has 1 fully saturated rings. The Labute approximate surface area is 118 Å². The van der Waals surface area contributed by atoms with Gasteiger partial charge in [0.2, 0.25) is 0 Å². The molecule has 1 aliphatic heterocycles. The standard InChI is InChI=1S/C17H28N2/c1-5-19-10-8-17(9-11-19,13-18-4)16-12-14(2)6-7-15(16)3/h6-7,12,18H,5,8-11,13H2,1-4H3. The van der Waals surface area contributed by atoms with E-state index in [2.05, 4.69) is 56.2 Å². The summed E-state index contributed by atoms with van der Waals surface area (Å²) in [6.45, 7) is 11.5. The Morgan fingerprint density at radius 2 is 1.89 bits per heavy atom. The van der Waals surface area contributed by atoms with Gasteiger partial charge in [0.15, 0.2) is 0 Å². The van der Waals surface area contributed by atoms with Crippen LogP contribution in [0.25, 0.3) is 0 Å². The van der Waals surface area contributed by atoms with Gasteiger partial charge in [-0.2, -0.15) is 0 Å². The lowest BCUT2D eigenvalue weighted by molar-refractivity contribution is 0.163. The Morgan fingerprint density at radius 1 is 1.21 bits per heavy atom. The summed E-state index contributed by atoms with van der Waals surface area (Å²) in [5.41, 5.74) is 4.73. The molecule has 0 aliphatic carbocycles. The molecule has 1 aromatic rings. The minimum atomic E-state index is 0.330. The number of hydrogen-bond donors (Lipinski definition) is 1. The molecule has 1 saturated heterocycles. The first-order chi connectivity index (χ1) is 9.11. The van der Waals surface area contributed by atoms with Crippen molar-refractivity contribution < 1.29 is 0 Å². The first kappa shape index (κ1) is 14.5. The fourth-order valence-electron chi connectivity index (χ4n) is 3.48. The maximum absolute atomic E-state index is 3.44. The highest BCUT2D eigenvalue weighted by atomic mass is 15.1. The predicted octanol–water partition coefficient (Wildman–Crippen LogP) is 2.88. The zero-order valence-electron chi connectivity index (χ0n) is 12.9. The van der Waals surface area contributed by atoms with E-state index in [-0.39, 0.29) is 0 Å². The summed E-state index contributed by atoms with van der Waals surface area (Å²) in [5, 5.41) is 3.44. The van der Waals surface area contributed by atoms with Gasteiger partial charge in [-0.1, -0.05) is 30.7 Å². The van der Waals surface area contributed by atoms with Crippen molar-refractivity contribution in [3.05, 3.63) is 34.9 Å². The molecule has 2 heteroatoms. The lowest BCUT2D eigenvalue weighted by Crippen LogP contribution is -2.47. The van der Waals surface area contributed by atoms with E-state index in [0.29, 0.717) is 5.41 Å². The minimum absolute atomic E-state index is 0.330. The quantitative estimate of drug-likeness (QED) is 0.895. The highest BCUT2D eigenvalue weighted by molar-refractivity contribution is 5.37. The first-order valence-electron chi connectivity index (χ1n) is 7.56. The molecule has 106 valence electrons. The first-order valence-corrected chi connectivity index (χ1v) is 7.56. The molecule has 1 aliphatic rings. The van der Waals surface area contributed by atoms with E-state index in [1.165, 1.54) is 43.6 Å². The van der Waals surface area contributed by atoms with Gasteiger partial charge < -0.3 is 10.2 Å². The zero-order valence-corrected chi connectivity index (χ0v) is 12.9. The van der Waals surface area contributed by atoms with Crippen LogP contribution in [0, 0.1) is 13.8 Å². The van der Waals surface area contributed by atoms with Crippen LogP contribution in [-0.2, 0) is 5.41 Å². The minimum Gasteiger partial charge on any atom is -0.319 e. The van der Waals surface area contributed by atoms with E-state index in [1.807, 2.05) is 0 Å². The highest BCUT2D eigenvalue weighted by Crippen LogP contribution is 2.37. The fourth-order valence-corrected chi connectivity index (χ4v) is 3.48. The van der Waals surface area contributed by atoms with Gasteiger partial charge in [0.1, 0.15) is 0 Å². The predicted molar refractivity (Wildman–Crippen MR) is 82.9 cm³/mol. The van der Waals surface area contributed by atoms with Crippen molar-refractivity contribution in [3.63, 3.8) is 0 Å². The van der Waals surface area contributed by atoms with Crippen LogP contribution in [0.15, 0.2) is 18.2 Å². The van der Waals surface area contributed by atoms with Crippen LogP contribution in [0.5, 0.6) is 0 Å². The smallest absolute Gasteiger partial charge is 0.0105 e. The summed E-state index contributed by atoms with van der Waals surface area (Å²) in [4.78, 5) is 2.57. The van der Waals surface area contributed by atoms with Crippen molar-refractivity contribution >= 4 is 0 Å². The second-order valence-corrected chi connectivity index (χ2v) is 6.06. The normalized spacial score (nSPS) is 19.6. The van der Waals surface area contributed by atoms with Crippen LogP contribution in [0.3, 0.4) is 0 Å². The summed E-state index contributed by atoms with van der Waals surface area (Å²) in [6, 6.07) is 6.93. The average Bonchev–Trinajstić information content (AvgIpc) is 2.42. The van der Waals surface area contributed by atoms with Crippen molar-refractivity contribution in [1.82, 2.24) is 10.2 Å². The fraction of sp³-hybridized carbons (Fsp3) is 0.647. The van der Waals surface area contributed by atoms with Crippen molar-refractivity contribution in [1.29, 1.82) is 0 Å². The van der Waals surface area contributed by atoms with Crippen LogP contribution >= 0.6 is 0 Å². The molecule has 0 aromatic heterocycles. The number of nitrogens with one attached hydrogen (secondary N) is 1. The van der Waals surface area contributed by atoms with E-state index >= 15 is 0 Å². The van der Waals surface area contributed by atoms with E-state index in [4.69, 9.17) is 0 Å². The van der Waals surface area contributed by atoms with Gasteiger partial charge in [-0.3, -0.25) is 0 Å². The maximum Gasteiger partial charge on any atom is 0.0105 e. The molecule has 1 aromatic carbocycles. The molecule has 0 atom stereocenters. The summed E-state index contributed by atoms with van der Waals surface area (Å²) in [7, 11) is 2.08. The van der Waals surface area contributed by atoms with Gasteiger partial charge in [0, 0.05) is 12.0 Å². The zero-order chi connectivity index (χ0) is 13.9. The molecular formula is C17H28N2. The van der Waals surface area contributed by atoms with Crippen LogP contribution < -0.4 is 5.32 Å². The molecule has 0 unspecified atom stereocenters. The lowest BCUT2D eigenvalue weighted by Gasteiger charge is -2.43. The van der Waals surface area contributed by atoms with E-state index in [9.17, 15) is 0 Å². The summed E-state index contributed by atoms with van der Waals surface area (Å²) < 4.78 is 0. The molecule has 0 saturated carbocycles. The largest absolute Gasteiger partial charge is 0.319 e. The molecule has 1 N–H and O–H groups in total. The van der Waals surface area contributed by atoms with Gasteiger partial charge in [0.05, 0.1) is 0 Å². The number of benzene rings is 1.